The minimum absolute atomic E-state index is 0.0362. The van der Waals surface area contributed by atoms with Gasteiger partial charge in [-0.3, -0.25) is 9.78 Å². The van der Waals surface area contributed by atoms with Gasteiger partial charge in [-0.2, -0.15) is 0 Å². The fourth-order valence-electron chi connectivity index (χ4n) is 1.77. The van der Waals surface area contributed by atoms with E-state index in [0.717, 1.165) is 19.0 Å². The highest BCUT2D eigenvalue weighted by atomic mass is 19.1. The molecule has 1 heterocycles. The Kier molecular flexibility index (Phi) is 4.18. The Morgan fingerprint density at radius 3 is 2.56 bits per heavy atom. The molecule has 0 saturated carbocycles. The number of nitrogens with zero attached hydrogens (tertiary/aromatic N) is 1. The van der Waals surface area contributed by atoms with Gasteiger partial charge >= 0.3 is 0 Å². The van der Waals surface area contributed by atoms with E-state index in [2.05, 4.69) is 4.98 Å². The van der Waals surface area contributed by atoms with E-state index in [1.54, 1.807) is 0 Å². The second-order valence-electron chi connectivity index (χ2n) is 4.12. The molecule has 0 radical (unpaired) electrons. The number of Topliss-reactive ketones (excluding diaryl/α,β-unsaturated/α-hetero) is 1. The highest BCUT2D eigenvalue weighted by Crippen LogP contribution is 2.08. The van der Waals surface area contributed by atoms with Crippen LogP contribution in [0.5, 0.6) is 0 Å². The lowest BCUT2D eigenvalue weighted by Crippen LogP contribution is -2.02. The minimum atomic E-state index is -0.421. The quantitative estimate of drug-likeness (QED) is 0.753. The molecule has 0 atom stereocenters. The third kappa shape index (κ3) is 3.48. The van der Waals surface area contributed by atoms with Gasteiger partial charge in [0.05, 0.1) is 6.20 Å². The van der Waals surface area contributed by atoms with Crippen molar-refractivity contribution in [3.05, 3.63) is 65.7 Å². The highest BCUT2D eigenvalue weighted by Gasteiger charge is 2.07. The SMILES string of the molecule is O=C(CCCc1ccccc1)c1ccc(F)cn1. The van der Waals surface area contributed by atoms with Crippen LogP contribution < -0.4 is 0 Å². The summed E-state index contributed by atoms with van der Waals surface area (Å²) in [7, 11) is 0. The Labute approximate surface area is 105 Å². The van der Waals surface area contributed by atoms with Gasteiger partial charge < -0.3 is 0 Å². The number of carbonyl (C=O) groups is 1. The molecular weight excluding hydrogens is 229 g/mol. The van der Waals surface area contributed by atoms with Crippen molar-refractivity contribution < 1.29 is 9.18 Å². The topological polar surface area (TPSA) is 30.0 Å². The number of hydrogen-bond donors (Lipinski definition) is 0. The normalized spacial score (nSPS) is 10.3. The van der Waals surface area contributed by atoms with Crippen molar-refractivity contribution in [3.8, 4) is 0 Å². The monoisotopic (exact) mass is 243 g/mol. The van der Waals surface area contributed by atoms with Crippen LogP contribution in [0.25, 0.3) is 0 Å². The van der Waals surface area contributed by atoms with Gasteiger partial charge in [0.15, 0.2) is 5.78 Å². The Morgan fingerprint density at radius 2 is 1.89 bits per heavy atom. The number of pyridine rings is 1. The van der Waals surface area contributed by atoms with Crippen molar-refractivity contribution >= 4 is 5.78 Å². The average Bonchev–Trinajstić information content (AvgIpc) is 2.40. The summed E-state index contributed by atoms with van der Waals surface area (Å²) in [5.41, 5.74) is 1.56. The first kappa shape index (κ1) is 12.4. The van der Waals surface area contributed by atoms with E-state index in [4.69, 9.17) is 0 Å². The van der Waals surface area contributed by atoms with E-state index in [1.807, 2.05) is 30.3 Å². The number of halogens is 1. The molecule has 0 saturated heterocycles. The Morgan fingerprint density at radius 1 is 1.11 bits per heavy atom. The molecule has 0 N–H and O–H groups in total. The summed E-state index contributed by atoms with van der Waals surface area (Å²) in [6.45, 7) is 0. The molecule has 3 heteroatoms. The first-order chi connectivity index (χ1) is 8.75. The van der Waals surface area contributed by atoms with E-state index in [1.165, 1.54) is 17.7 Å². The van der Waals surface area contributed by atoms with Gasteiger partial charge in [0.2, 0.25) is 0 Å². The van der Waals surface area contributed by atoms with Crippen LogP contribution in [0.1, 0.15) is 28.9 Å². The van der Waals surface area contributed by atoms with Crippen molar-refractivity contribution in [2.45, 2.75) is 19.3 Å². The molecule has 0 aliphatic carbocycles. The summed E-state index contributed by atoms with van der Waals surface area (Å²) < 4.78 is 12.6. The zero-order valence-corrected chi connectivity index (χ0v) is 9.97. The summed E-state index contributed by atoms with van der Waals surface area (Å²) in [5, 5.41) is 0. The largest absolute Gasteiger partial charge is 0.292 e. The van der Waals surface area contributed by atoms with Crippen LogP contribution in [-0.2, 0) is 6.42 Å². The lowest BCUT2D eigenvalue weighted by molar-refractivity contribution is 0.0975. The Hall–Kier alpha value is -2.03. The van der Waals surface area contributed by atoms with Gasteiger partial charge in [-0.1, -0.05) is 30.3 Å². The number of hydrogen-bond acceptors (Lipinski definition) is 2. The Bertz CT molecular complexity index is 508. The molecule has 0 aliphatic rings. The lowest BCUT2D eigenvalue weighted by atomic mass is 10.1. The second kappa shape index (κ2) is 6.05. The fraction of sp³-hybridized carbons (Fsp3) is 0.200. The van der Waals surface area contributed by atoms with Gasteiger partial charge in [-0.05, 0) is 30.5 Å². The maximum Gasteiger partial charge on any atom is 0.181 e. The average molecular weight is 243 g/mol. The molecule has 18 heavy (non-hydrogen) atoms. The molecule has 0 unspecified atom stereocenters. The van der Waals surface area contributed by atoms with Crippen molar-refractivity contribution in [2.75, 3.05) is 0 Å². The molecule has 0 spiro atoms. The fourth-order valence-corrected chi connectivity index (χ4v) is 1.77. The van der Waals surface area contributed by atoms with Gasteiger partial charge in [0.25, 0.3) is 0 Å². The van der Waals surface area contributed by atoms with Crippen LogP contribution in [0.2, 0.25) is 0 Å². The molecule has 0 bridgehead atoms. The van der Waals surface area contributed by atoms with E-state index in [0.29, 0.717) is 12.1 Å². The maximum atomic E-state index is 12.6. The molecule has 1 aromatic heterocycles. The van der Waals surface area contributed by atoms with Crippen LogP contribution in [0.15, 0.2) is 48.7 Å². The lowest BCUT2D eigenvalue weighted by Gasteiger charge is -2.01. The third-order valence-corrected chi connectivity index (χ3v) is 2.73. The molecule has 0 amide bonds. The number of aromatic nitrogens is 1. The van der Waals surface area contributed by atoms with E-state index in [-0.39, 0.29) is 5.78 Å². The van der Waals surface area contributed by atoms with Gasteiger partial charge in [-0.15, -0.1) is 0 Å². The molecule has 0 aliphatic heterocycles. The molecule has 2 aromatic rings. The number of rotatable bonds is 5. The summed E-state index contributed by atoms with van der Waals surface area (Å²) in [4.78, 5) is 15.5. The zero-order valence-electron chi connectivity index (χ0n) is 9.97. The van der Waals surface area contributed by atoms with Gasteiger partial charge in [0, 0.05) is 6.42 Å². The van der Waals surface area contributed by atoms with Crippen LogP contribution in [0.3, 0.4) is 0 Å². The number of benzene rings is 1. The van der Waals surface area contributed by atoms with Gasteiger partial charge in [-0.25, -0.2) is 4.39 Å². The smallest absolute Gasteiger partial charge is 0.181 e. The van der Waals surface area contributed by atoms with Crippen molar-refractivity contribution in [1.82, 2.24) is 4.98 Å². The zero-order chi connectivity index (χ0) is 12.8. The molecular formula is C15H14FNO. The summed E-state index contributed by atoms with van der Waals surface area (Å²) in [5.74, 6) is -0.457. The van der Waals surface area contributed by atoms with Crippen LogP contribution in [0, 0.1) is 5.82 Å². The first-order valence-electron chi connectivity index (χ1n) is 5.94. The van der Waals surface area contributed by atoms with E-state index in [9.17, 15) is 9.18 Å². The molecule has 1 aromatic carbocycles. The molecule has 2 nitrogen and oxygen atoms in total. The number of carbonyl (C=O) groups excluding carboxylic acids is 1. The van der Waals surface area contributed by atoms with E-state index < -0.39 is 5.82 Å². The van der Waals surface area contributed by atoms with Gasteiger partial charge in [0.1, 0.15) is 11.5 Å². The third-order valence-electron chi connectivity index (χ3n) is 2.73. The summed E-state index contributed by atoms with van der Waals surface area (Å²) >= 11 is 0. The van der Waals surface area contributed by atoms with Crippen molar-refractivity contribution in [1.29, 1.82) is 0 Å². The van der Waals surface area contributed by atoms with E-state index >= 15 is 0 Å². The van der Waals surface area contributed by atoms with Crippen LogP contribution in [-0.4, -0.2) is 10.8 Å². The first-order valence-corrected chi connectivity index (χ1v) is 5.94. The minimum Gasteiger partial charge on any atom is -0.292 e. The van der Waals surface area contributed by atoms with Crippen LogP contribution >= 0.6 is 0 Å². The standard InChI is InChI=1S/C15H14FNO/c16-13-9-10-14(17-11-13)15(18)8-4-7-12-5-2-1-3-6-12/h1-3,5-6,9-11H,4,7-8H2. The second-order valence-corrected chi connectivity index (χ2v) is 4.12. The van der Waals surface area contributed by atoms with Crippen molar-refractivity contribution in [3.63, 3.8) is 0 Å². The van der Waals surface area contributed by atoms with Crippen LogP contribution in [0.4, 0.5) is 4.39 Å². The molecule has 92 valence electrons. The summed E-state index contributed by atoms with van der Waals surface area (Å²) in [6, 6.07) is 12.7. The highest BCUT2D eigenvalue weighted by molar-refractivity contribution is 5.94. The predicted octanol–water partition coefficient (Wildman–Crippen LogP) is 3.43. The maximum absolute atomic E-state index is 12.6. The Balaban J connectivity index is 1.84. The molecule has 2 rings (SSSR count). The summed E-state index contributed by atoms with van der Waals surface area (Å²) in [6.07, 6.45) is 3.16. The van der Waals surface area contributed by atoms with Crippen molar-refractivity contribution in [2.24, 2.45) is 0 Å². The predicted molar refractivity (Wildman–Crippen MR) is 67.9 cm³/mol. The number of aryl methyl sites for hydroxylation is 1. The molecule has 0 fully saturated rings. The number of ketones is 1.